The van der Waals surface area contributed by atoms with Gasteiger partial charge in [0.15, 0.2) is 11.6 Å². The minimum Gasteiger partial charge on any atom is -0.493 e. The van der Waals surface area contributed by atoms with Crippen LogP contribution in [0.25, 0.3) is 11.1 Å². The van der Waals surface area contributed by atoms with Crippen molar-refractivity contribution < 1.29 is 41.8 Å². The number of rotatable bonds is 8. The molecule has 1 aliphatic heterocycles. The summed E-state index contributed by atoms with van der Waals surface area (Å²) >= 11 is 0. The lowest BCUT2D eigenvalue weighted by Crippen LogP contribution is -2.10. The first-order valence-electron chi connectivity index (χ1n) is 10.6. The van der Waals surface area contributed by atoms with Crippen molar-refractivity contribution in [1.29, 1.82) is 0 Å². The predicted molar refractivity (Wildman–Crippen MR) is 122 cm³/mol. The molecule has 1 aromatic heterocycles. The van der Waals surface area contributed by atoms with Gasteiger partial charge in [-0.05, 0) is 47.5 Å². The van der Waals surface area contributed by atoms with Gasteiger partial charge in [-0.25, -0.2) is 0 Å². The standard InChI is InChI=1S/C24H22F3NO6P/c25-24(26,27)19-6-1-16(2-7-19)17-3-8-20(9-4-17)32-12-11-22(29)18-5-10-21(28-15-18)23(30)35(31)33-13-14-34-35/h1-10,15,23,30-31H,11-14H2. The number of aliphatic hydroxyl groups excluding tert-OH is 1. The number of Topliss-reactive ketones (excluding diaryl/α,β-unsaturated/α-hetero) is 1. The van der Waals surface area contributed by atoms with Crippen LogP contribution < -0.4 is 4.74 Å². The second-order valence-electron chi connectivity index (χ2n) is 7.70. The van der Waals surface area contributed by atoms with Crippen LogP contribution in [0.3, 0.4) is 0 Å². The Labute approximate surface area is 199 Å². The highest BCUT2D eigenvalue weighted by molar-refractivity contribution is 7.60. The first kappa shape index (κ1) is 25.2. The molecule has 185 valence electrons. The topological polar surface area (TPSA) is 98.1 Å². The Morgan fingerprint density at radius 2 is 1.60 bits per heavy atom. The van der Waals surface area contributed by atoms with E-state index in [4.69, 9.17) is 13.8 Å². The molecule has 11 heteroatoms. The number of aliphatic hydroxyl groups is 1. The lowest BCUT2D eigenvalue weighted by molar-refractivity contribution is -0.137. The van der Waals surface area contributed by atoms with Gasteiger partial charge in [-0.15, -0.1) is 0 Å². The molecule has 1 unspecified atom stereocenters. The first-order valence-corrected chi connectivity index (χ1v) is 12.3. The molecule has 0 spiro atoms. The molecule has 4 rings (SSSR count). The molecule has 0 amide bonds. The zero-order valence-electron chi connectivity index (χ0n) is 18.3. The smallest absolute Gasteiger partial charge is 0.416 e. The Bertz CT molecular complexity index is 1150. The number of alkyl halides is 3. The zero-order chi connectivity index (χ0) is 25.1. The van der Waals surface area contributed by atoms with Crippen LogP contribution in [-0.4, -0.2) is 40.6 Å². The van der Waals surface area contributed by atoms with Gasteiger partial charge in [-0.1, -0.05) is 24.3 Å². The second kappa shape index (κ2) is 10.4. The van der Waals surface area contributed by atoms with Crippen molar-refractivity contribution in [2.75, 3.05) is 19.8 Å². The average Bonchev–Trinajstić information content (AvgIpc) is 3.31. The molecular formula is C24H22F3NO6P. The van der Waals surface area contributed by atoms with Crippen molar-refractivity contribution in [1.82, 2.24) is 4.98 Å². The second-order valence-corrected chi connectivity index (χ2v) is 9.83. The molecule has 0 aliphatic carbocycles. The third-order valence-corrected chi connectivity index (χ3v) is 7.30. The maximum absolute atomic E-state index is 12.7. The van der Waals surface area contributed by atoms with E-state index in [1.54, 1.807) is 24.3 Å². The van der Waals surface area contributed by atoms with E-state index in [1.165, 1.54) is 30.5 Å². The molecule has 0 bridgehead atoms. The van der Waals surface area contributed by atoms with Gasteiger partial charge in [-0.2, -0.15) is 13.2 Å². The molecule has 0 saturated carbocycles. The molecule has 1 fully saturated rings. The Kier molecular flexibility index (Phi) is 7.49. The number of carbonyl (C=O) groups excluding carboxylic acids is 1. The Hall–Kier alpha value is -2.88. The minimum absolute atomic E-state index is 0.0768. The Balaban J connectivity index is 1.28. The summed E-state index contributed by atoms with van der Waals surface area (Å²) < 4.78 is 53.9. The highest BCUT2D eigenvalue weighted by Gasteiger charge is 2.42. The van der Waals surface area contributed by atoms with Crippen molar-refractivity contribution in [3.05, 3.63) is 83.7 Å². The lowest BCUT2D eigenvalue weighted by Gasteiger charge is -2.26. The summed E-state index contributed by atoms with van der Waals surface area (Å²) in [5, 5.41) is 10.2. The van der Waals surface area contributed by atoms with Crippen LogP contribution in [0.5, 0.6) is 5.75 Å². The number of hydrogen-bond donors (Lipinski definition) is 2. The van der Waals surface area contributed by atoms with Crippen molar-refractivity contribution in [3.63, 3.8) is 0 Å². The van der Waals surface area contributed by atoms with E-state index in [9.17, 15) is 28.0 Å². The number of pyridine rings is 1. The molecule has 1 atom stereocenters. The molecular weight excluding hydrogens is 486 g/mol. The Morgan fingerprint density at radius 1 is 1.00 bits per heavy atom. The largest absolute Gasteiger partial charge is 0.493 e. The molecule has 1 aliphatic rings. The first-order chi connectivity index (χ1) is 16.7. The fourth-order valence-corrected chi connectivity index (χ4v) is 4.92. The summed E-state index contributed by atoms with van der Waals surface area (Å²) in [6.45, 7) is 0.487. The van der Waals surface area contributed by atoms with Gasteiger partial charge < -0.3 is 23.8 Å². The van der Waals surface area contributed by atoms with E-state index in [2.05, 4.69) is 4.98 Å². The number of ketones is 1. The highest BCUT2D eigenvalue weighted by Crippen LogP contribution is 2.69. The molecule has 2 heterocycles. The summed E-state index contributed by atoms with van der Waals surface area (Å²) in [5.41, 5.74) is 1.13. The van der Waals surface area contributed by atoms with Crippen LogP contribution in [0.15, 0.2) is 66.9 Å². The third kappa shape index (κ3) is 6.04. The molecule has 2 aromatic carbocycles. The van der Waals surface area contributed by atoms with Crippen LogP contribution in [-0.2, 0) is 15.2 Å². The highest BCUT2D eigenvalue weighted by atomic mass is 31.2. The summed E-state index contributed by atoms with van der Waals surface area (Å²) in [7, 11) is -3.41. The quantitative estimate of drug-likeness (QED) is 0.318. The van der Waals surface area contributed by atoms with Crippen molar-refractivity contribution >= 4 is 13.7 Å². The van der Waals surface area contributed by atoms with E-state index in [0.29, 0.717) is 16.9 Å². The number of ether oxygens (including phenoxy) is 1. The molecule has 35 heavy (non-hydrogen) atoms. The third-order valence-electron chi connectivity index (χ3n) is 5.32. The number of aromatic nitrogens is 1. The van der Waals surface area contributed by atoms with Crippen molar-refractivity contribution in [3.8, 4) is 16.9 Å². The predicted octanol–water partition coefficient (Wildman–Crippen LogP) is 5.21. The van der Waals surface area contributed by atoms with E-state index >= 15 is 0 Å². The maximum atomic E-state index is 12.7. The van der Waals surface area contributed by atoms with Crippen molar-refractivity contribution in [2.24, 2.45) is 0 Å². The molecule has 2 N–H and O–H groups in total. The molecule has 1 saturated heterocycles. The fourth-order valence-electron chi connectivity index (χ4n) is 3.41. The monoisotopic (exact) mass is 508 g/mol. The van der Waals surface area contributed by atoms with Crippen LogP contribution in [0.2, 0.25) is 0 Å². The van der Waals surface area contributed by atoms with Gasteiger partial charge >= 0.3 is 6.18 Å². The van der Waals surface area contributed by atoms with Crippen LogP contribution in [0.1, 0.15) is 33.9 Å². The molecule has 3 aromatic rings. The van der Waals surface area contributed by atoms with Gasteiger partial charge in [0.25, 0.3) is 7.94 Å². The number of halogens is 3. The summed E-state index contributed by atoms with van der Waals surface area (Å²) in [6, 6.07) is 14.6. The van der Waals surface area contributed by atoms with Gasteiger partial charge in [0.1, 0.15) is 5.75 Å². The number of benzene rings is 2. The summed E-state index contributed by atoms with van der Waals surface area (Å²) in [5.74, 6) is -1.12. The molecule has 7 nitrogen and oxygen atoms in total. The van der Waals surface area contributed by atoms with Crippen LogP contribution in [0.4, 0.5) is 13.2 Å². The minimum atomic E-state index is -4.38. The fraction of sp³-hybridized carbons (Fsp3) is 0.250. The van der Waals surface area contributed by atoms with Gasteiger partial charge in [0.2, 0.25) is 0 Å². The normalized spacial score (nSPS) is 16.1. The van der Waals surface area contributed by atoms with E-state index in [-0.39, 0.29) is 37.7 Å². The number of nitrogens with zero attached hydrogens (tertiary/aromatic N) is 1. The SMILES string of the molecule is O=C(CCOc1ccc(-c2ccc(C(F)(F)F)cc2)cc1)c1ccc(C(O)[P]2(O)OCCO2)nc1. The maximum Gasteiger partial charge on any atom is 0.416 e. The summed E-state index contributed by atoms with van der Waals surface area (Å²) in [6.07, 6.45) is -2.99. The average molecular weight is 508 g/mol. The van der Waals surface area contributed by atoms with Crippen molar-refractivity contribution in [2.45, 2.75) is 18.4 Å². The zero-order valence-corrected chi connectivity index (χ0v) is 19.2. The van der Waals surface area contributed by atoms with Gasteiger partial charge in [0.05, 0.1) is 31.1 Å². The number of carbonyl (C=O) groups is 1. The summed E-state index contributed by atoms with van der Waals surface area (Å²) in [4.78, 5) is 26.7. The van der Waals surface area contributed by atoms with Gasteiger partial charge in [0, 0.05) is 18.2 Å². The Morgan fingerprint density at radius 3 is 2.14 bits per heavy atom. The molecule has 1 radical (unpaired) electrons. The number of hydrogen-bond acceptors (Lipinski definition) is 7. The van der Waals surface area contributed by atoms with Crippen LogP contribution >= 0.6 is 7.94 Å². The van der Waals surface area contributed by atoms with Crippen LogP contribution in [0, 0.1) is 0 Å². The van der Waals surface area contributed by atoms with Gasteiger partial charge in [-0.3, -0.25) is 9.78 Å². The van der Waals surface area contributed by atoms with E-state index < -0.39 is 25.5 Å². The van der Waals surface area contributed by atoms with E-state index in [0.717, 1.165) is 17.7 Å². The van der Waals surface area contributed by atoms with E-state index in [1.807, 2.05) is 0 Å². The lowest BCUT2D eigenvalue weighted by atomic mass is 10.0.